The molecule has 0 bridgehead atoms. The quantitative estimate of drug-likeness (QED) is 0.672. The second-order valence-electron chi connectivity index (χ2n) is 9.00. The molecule has 2 aromatic rings. The highest BCUT2D eigenvalue weighted by atomic mass is 35.5. The molecule has 9 heteroatoms. The largest absolute Gasteiger partial charge is 0.496 e. The number of aliphatic hydroxyl groups is 1. The fourth-order valence-electron chi connectivity index (χ4n) is 5.91. The van der Waals surface area contributed by atoms with Crippen LogP contribution in [0.5, 0.6) is 17.2 Å². The number of Topliss-reactive ketones (excluding diaryl/α,β-unsaturated/α-hetero) is 1. The molecule has 2 N–H and O–H groups in total. The smallest absolute Gasteiger partial charge is 0.216 e. The minimum absolute atomic E-state index is 0.0566. The third kappa shape index (κ3) is 3.03. The Kier molecular flexibility index (Phi) is 5.53. The second kappa shape index (κ2) is 8.03. The van der Waals surface area contributed by atoms with Gasteiger partial charge in [0.15, 0.2) is 5.75 Å². The van der Waals surface area contributed by atoms with Gasteiger partial charge in [-0.2, -0.15) is 0 Å². The maximum atomic E-state index is 14.0. The van der Waals surface area contributed by atoms with Crippen LogP contribution in [0.1, 0.15) is 35.3 Å². The number of aliphatic hydroxyl groups excluding tert-OH is 1. The van der Waals surface area contributed by atoms with E-state index in [0.717, 1.165) is 5.56 Å². The van der Waals surface area contributed by atoms with E-state index in [0.29, 0.717) is 22.9 Å². The molecule has 1 saturated carbocycles. The zero-order valence-corrected chi connectivity index (χ0v) is 20.3. The molecule has 2 fully saturated rings. The molecular formula is C24H26Cl2N2O5. The van der Waals surface area contributed by atoms with Crippen molar-refractivity contribution in [2.24, 2.45) is 11.8 Å². The van der Waals surface area contributed by atoms with E-state index in [9.17, 15) is 9.90 Å². The molecule has 5 rings (SSSR count). The molecule has 0 amide bonds. The standard InChI is InChI=1S/C24H26Cl2N2O5/c1-11-9-14-17(20(28(2)27-14)12-7-5-6-8-13(12)25)22(29)24(11)23(30)18-15(31-3)10-16(32-4)19(26)21(18)33-24/h5-8,10-11,14,17,20,22,27,29H,9H2,1-4H3/t11-,14?,17?,20?,22?,24+/m1/s1. The third-order valence-corrected chi connectivity index (χ3v) is 8.13. The lowest BCUT2D eigenvalue weighted by molar-refractivity contribution is -0.111. The van der Waals surface area contributed by atoms with Gasteiger partial charge >= 0.3 is 0 Å². The van der Waals surface area contributed by atoms with E-state index in [1.165, 1.54) is 14.2 Å². The Bertz CT molecular complexity index is 1130. The topological polar surface area (TPSA) is 80.3 Å². The molecule has 1 spiro atoms. The van der Waals surface area contributed by atoms with E-state index in [4.69, 9.17) is 37.4 Å². The first-order valence-corrected chi connectivity index (χ1v) is 11.6. The number of fused-ring (bicyclic) bond motifs is 2. The van der Waals surface area contributed by atoms with Crippen molar-refractivity contribution in [3.8, 4) is 17.2 Å². The maximum Gasteiger partial charge on any atom is 0.216 e. The van der Waals surface area contributed by atoms with Crippen LogP contribution < -0.4 is 19.6 Å². The Labute approximate surface area is 202 Å². The number of nitrogens with zero attached hydrogens (tertiary/aromatic N) is 1. The Hall–Kier alpha value is -2.03. The number of rotatable bonds is 3. The fraction of sp³-hybridized carbons (Fsp3) is 0.458. The third-order valence-electron chi connectivity index (χ3n) is 7.43. The van der Waals surface area contributed by atoms with Gasteiger partial charge in [0.2, 0.25) is 11.4 Å². The van der Waals surface area contributed by atoms with Gasteiger partial charge in [0.25, 0.3) is 0 Å². The van der Waals surface area contributed by atoms with E-state index < -0.39 is 11.7 Å². The van der Waals surface area contributed by atoms with Gasteiger partial charge in [0, 0.05) is 36.0 Å². The van der Waals surface area contributed by atoms with Crippen LogP contribution in [0, 0.1) is 11.8 Å². The van der Waals surface area contributed by atoms with Crippen molar-refractivity contribution in [3.05, 3.63) is 51.5 Å². The lowest BCUT2D eigenvalue weighted by atomic mass is 9.63. The average Bonchev–Trinajstić information content (AvgIpc) is 3.29. The first-order chi connectivity index (χ1) is 15.8. The number of halogens is 2. The maximum absolute atomic E-state index is 14.0. The summed E-state index contributed by atoms with van der Waals surface area (Å²) < 4.78 is 17.2. The molecule has 2 aromatic carbocycles. The monoisotopic (exact) mass is 492 g/mol. The molecular weight excluding hydrogens is 467 g/mol. The molecule has 0 radical (unpaired) electrons. The zero-order valence-electron chi connectivity index (χ0n) is 18.8. The van der Waals surface area contributed by atoms with E-state index in [1.807, 2.05) is 43.2 Å². The minimum atomic E-state index is -1.50. The fourth-order valence-corrected chi connectivity index (χ4v) is 6.42. The average molecular weight is 493 g/mol. The van der Waals surface area contributed by atoms with Crippen molar-refractivity contribution < 1.29 is 24.1 Å². The van der Waals surface area contributed by atoms with Crippen LogP contribution in [0.15, 0.2) is 30.3 Å². The number of carbonyl (C=O) groups excluding carboxylic acids is 1. The minimum Gasteiger partial charge on any atom is -0.496 e. The van der Waals surface area contributed by atoms with Crippen LogP contribution in [0.4, 0.5) is 0 Å². The number of hydrogen-bond acceptors (Lipinski definition) is 7. The number of ether oxygens (including phenoxy) is 3. The van der Waals surface area contributed by atoms with Crippen molar-refractivity contribution in [2.45, 2.75) is 37.1 Å². The van der Waals surface area contributed by atoms with Crippen molar-refractivity contribution in [3.63, 3.8) is 0 Å². The highest BCUT2D eigenvalue weighted by Crippen LogP contribution is 2.57. The summed E-state index contributed by atoms with van der Waals surface area (Å²) >= 11 is 13.1. The number of hydrogen-bond donors (Lipinski definition) is 2. The number of methoxy groups -OCH3 is 2. The van der Waals surface area contributed by atoms with Gasteiger partial charge in [-0.3, -0.25) is 10.2 Å². The van der Waals surface area contributed by atoms with Gasteiger partial charge in [0.05, 0.1) is 20.3 Å². The summed E-state index contributed by atoms with van der Waals surface area (Å²) in [5, 5.41) is 14.6. The van der Waals surface area contributed by atoms with Crippen LogP contribution in [0.2, 0.25) is 10.0 Å². The van der Waals surface area contributed by atoms with Crippen molar-refractivity contribution >= 4 is 29.0 Å². The van der Waals surface area contributed by atoms with E-state index in [-0.39, 0.29) is 46.0 Å². The molecule has 2 aliphatic heterocycles. The first-order valence-electron chi connectivity index (χ1n) is 10.9. The van der Waals surface area contributed by atoms with E-state index in [2.05, 4.69) is 5.43 Å². The Balaban J connectivity index is 1.63. The van der Waals surface area contributed by atoms with Gasteiger partial charge in [-0.05, 0) is 18.1 Å². The molecule has 0 aromatic heterocycles. The molecule has 1 saturated heterocycles. The zero-order chi connectivity index (χ0) is 23.7. The first kappa shape index (κ1) is 22.7. The summed E-state index contributed by atoms with van der Waals surface area (Å²) in [5.74, 6) is -0.147. The predicted octanol–water partition coefficient (Wildman–Crippen LogP) is 3.90. The number of carbonyl (C=O) groups is 1. The van der Waals surface area contributed by atoms with Crippen LogP contribution in [-0.2, 0) is 0 Å². The van der Waals surface area contributed by atoms with E-state index >= 15 is 0 Å². The van der Waals surface area contributed by atoms with Gasteiger partial charge in [0.1, 0.15) is 28.2 Å². The highest BCUT2D eigenvalue weighted by Gasteiger charge is 2.67. The highest BCUT2D eigenvalue weighted by molar-refractivity contribution is 6.35. The predicted molar refractivity (Wildman–Crippen MR) is 124 cm³/mol. The van der Waals surface area contributed by atoms with Crippen LogP contribution >= 0.6 is 23.2 Å². The summed E-state index contributed by atoms with van der Waals surface area (Å²) in [4.78, 5) is 14.0. The van der Waals surface area contributed by atoms with Crippen LogP contribution in [-0.4, -0.2) is 54.9 Å². The number of hydrazine groups is 1. The van der Waals surface area contributed by atoms with Crippen molar-refractivity contribution in [2.75, 3.05) is 21.3 Å². The molecule has 176 valence electrons. The molecule has 2 heterocycles. The van der Waals surface area contributed by atoms with Crippen LogP contribution in [0.25, 0.3) is 0 Å². The normalized spacial score (nSPS) is 33.1. The summed E-state index contributed by atoms with van der Waals surface area (Å²) in [7, 11) is 4.88. The summed E-state index contributed by atoms with van der Waals surface area (Å²) in [5.41, 5.74) is 3.08. The van der Waals surface area contributed by atoms with Crippen molar-refractivity contribution in [1.29, 1.82) is 0 Å². The number of nitrogens with one attached hydrogen (secondary N) is 1. The molecule has 1 aliphatic carbocycles. The lowest BCUT2D eigenvalue weighted by Gasteiger charge is -2.47. The Morgan fingerprint density at radius 1 is 1.21 bits per heavy atom. The number of ketones is 1. The molecule has 4 unspecified atom stereocenters. The molecule has 3 aliphatic rings. The Morgan fingerprint density at radius 3 is 2.58 bits per heavy atom. The van der Waals surface area contributed by atoms with Crippen LogP contribution in [0.3, 0.4) is 0 Å². The lowest BCUT2D eigenvalue weighted by Crippen LogP contribution is -2.65. The van der Waals surface area contributed by atoms with Gasteiger partial charge < -0.3 is 19.3 Å². The van der Waals surface area contributed by atoms with Gasteiger partial charge in [-0.15, -0.1) is 0 Å². The molecule has 7 nitrogen and oxygen atoms in total. The van der Waals surface area contributed by atoms with Crippen molar-refractivity contribution in [1.82, 2.24) is 10.4 Å². The molecule has 33 heavy (non-hydrogen) atoms. The number of benzene rings is 2. The second-order valence-corrected chi connectivity index (χ2v) is 9.78. The van der Waals surface area contributed by atoms with Gasteiger partial charge in [-0.1, -0.05) is 48.3 Å². The molecule has 6 atom stereocenters. The summed E-state index contributed by atoms with van der Waals surface area (Å²) in [6.45, 7) is 1.92. The summed E-state index contributed by atoms with van der Waals surface area (Å²) in [6, 6.07) is 8.82. The SMILES string of the molecule is COc1cc(OC)c2c(c1Cl)O[C@]1(C2=O)C(O)C2C(C[C@H]1C)NN(C)C2c1ccccc1Cl. The van der Waals surface area contributed by atoms with Gasteiger partial charge in [-0.25, -0.2) is 5.01 Å². The van der Waals surface area contributed by atoms with E-state index in [1.54, 1.807) is 6.07 Å². The summed E-state index contributed by atoms with van der Waals surface area (Å²) in [6.07, 6.45) is -0.513. The Morgan fingerprint density at radius 2 is 1.91 bits per heavy atom.